The van der Waals surface area contributed by atoms with Crippen LogP contribution in [0, 0.1) is 0 Å². The molecule has 0 amide bonds. The topological polar surface area (TPSA) is 39.7 Å². The Balaban J connectivity index is 1.91. The van der Waals surface area contributed by atoms with E-state index in [0.29, 0.717) is 0 Å². The van der Waals surface area contributed by atoms with E-state index in [1.165, 1.54) is 16.7 Å². The Morgan fingerprint density at radius 3 is 2.52 bits per heavy atom. The minimum absolute atomic E-state index is 0.269. The summed E-state index contributed by atoms with van der Waals surface area (Å²) >= 11 is 0. The van der Waals surface area contributed by atoms with Gasteiger partial charge in [-0.1, -0.05) is 12.1 Å². The lowest BCUT2D eigenvalue weighted by Gasteiger charge is -2.28. The summed E-state index contributed by atoms with van der Waals surface area (Å²) in [4.78, 5) is 0. The van der Waals surface area contributed by atoms with Gasteiger partial charge in [-0.15, -0.1) is 0 Å². The second kappa shape index (κ2) is 6.92. The Morgan fingerprint density at radius 2 is 1.78 bits per heavy atom. The highest BCUT2D eigenvalue weighted by molar-refractivity contribution is 5.49. The van der Waals surface area contributed by atoms with E-state index in [9.17, 15) is 0 Å². The summed E-state index contributed by atoms with van der Waals surface area (Å²) in [5.41, 5.74) is 3.87. The first-order chi connectivity index (χ1) is 11.2. The van der Waals surface area contributed by atoms with Crippen LogP contribution in [0.1, 0.15) is 22.7 Å². The molecular weight excluding hydrogens is 290 g/mol. The van der Waals surface area contributed by atoms with Gasteiger partial charge in [0.1, 0.15) is 5.75 Å². The van der Waals surface area contributed by atoms with Crippen molar-refractivity contribution in [3.8, 4) is 17.2 Å². The van der Waals surface area contributed by atoms with Crippen molar-refractivity contribution in [3.05, 3.63) is 53.1 Å². The van der Waals surface area contributed by atoms with E-state index in [1.807, 2.05) is 12.1 Å². The van der Waals surface area contributed by atoms with Gasteiger partial charge in [0.05, 0.1) is 21.3 Å². The van der Waals surface area contributed by atoms with E-state index in [-0.39, 0.29) is 6.04 Å². The summed E-state index contributed by atoms with van der Waals surface area (Å²) in [6.45, 7) is 0.969. The summed E-state index contributed by atoms with van der Waals surface area (Å²) in [6.07, 6.45) is 1.92. The largest absolute Gasteiger partial charge is 0.497 e. The van der Waals surface area contributed by atoms with Crippen molar-refractivity contribution in [1.29, 1.82) is 0 Å². The minimum Gasteiger partial charge on any atom is -0.497 e. The van der Waals surface area contributed by atoms with Crippen LogP contribution in [0.5, 0.6) is 17.2 Å². The number of ether oxygens (including phenoxy) is 3. The SMILES string of the molecule is COc1cccc(C[C@@H]2NCCc3cc(OC)c(OC)cc32)c1. The lowest BCUT2D eigenvalue weighted by atomic mass is 9.90. The zero-order valence-electron chi connectivity index (χ0n) is 13.9. The number of fused-ring (bicyclic) bond motifs is 1. The zero-order valence-corrected chi connectivity index (χ0v) is 13.9. The zero-order chi connectivity index (χ0) is 16.2. The predicted octanol–water partition coefficient (Wildman–Crippen LogP) is 3.14. The molecule has 0 aromatic heterocycles. The Bertz CT molecular complexity index is 684. The van der Waals surface area contributed by atoms with Gasteiger partial charge in [0.25, 0.3) is 0 Å². The average Bonchev–Trinajstić information content (AvgIpc) is 2.61. The number of methoxy groups -OCH3 is 3. The van der Waals surface area contributed by atoms with Gasteiger partial charge in [0.15, 0.2) is 11.5 Å². The van der Waals surface area contributed by atoms with Crippen molar-refractivity contribution in [2.24, 2.45) is 0 Å². The molecule has 1 aliphatic heterocycles. The molecule has 0 spiro atoms. The third-order valence-corrected chi connectivity index (χ3v) is 4.38. The molecule has 0 saturated heterocycles. The lowest BCUT2D eigenvalue weighted by molar-refractivity contribution is 0.352. The molecule has 4 heteroatoms. The molecule has 2 aromatic carbocycles. The fourth-order valence-electron chi connectivity index (χ4n) is 3.19. The maximum atomic E-state index is 5.46. The Labute approximate surface area is 137 Å². The summed E-state index contributed by atoms with van der Waals surface area (Å²) in [6, 6.07) is 12.7. The molecule has 3 rings (SSSR count). The molecule has 0 fully saturated rings. The Kier molecular flexibility index (Phi) is 4.72. The number of hydrogen-bond donors (Lipinski definition) is 1. The number of benzene rings is 2. The number of rotatable bonds is 5. The van der Waals surface area contributed by atoms with E-state index in [1.54, 1.807) is 21.3 Å². The van der Waals surface area contributed by atoms with Crippen LogP contribution in [-0.2, 0) is 12.8 Å². The quantitative estimate of drug-likeness (QED) is 0.920. The van der Waals surface area contributed by atoms with Gasteiger partial charge in [-0.2, -0.15) is 0 Å². The molecule has 2 aromatic rings. The third kappa shape index (κ3) is 3.27. The lowest BCUT2D eigenvalue weighted by Crippen LogP contribution is -2.31. The van der Waals surface area contributed by atoms with Crippen LogP contribution in [-0.4, -0.2) is 27.9 Å². The Morgan fingerprint density at radius 1 is 1.00 bits per heavy atom. The van der Waals surface area contributed by atoms with Gasteiger partial charge < -0.3 is 19.5 Å². The van der Waals surface area contributed by atoms with Gasteiger partial charge >= 0.3 is 0 Å². The van der Waals surface area contributed by atoms with Crippen molar-refractivity contribution in [3.63, 3.8) is 0 Å². The molecule has 0 unspecified atom stereocenters. The smallest absolute Gasteiger partial charge is 0.161 e. The first-order valence-corrected chi connectivity index (χ1v) is 7.86. The molecule has 1 aliphatic rings. The van der Waals surface area contributed by atoms with E-state index in [4.69, 9.17) is 14.2 Å². The van der Waals surface area contributed by atoms with E-state index >= 15 is 0 Å². The summed E-state index contributed by atoms with van der Waals surface area (Å²) in [5.74, 6) is 2.48. The first kappa shape index (κ1) is 15.7. The number of nitrogens with one attached hydrogen (secondary N) is 1. The second-order valence-corrected chi connectivity index (χ2v) is 5.72. The van der Waals surface area contributed by atoms with Gasteiger partial charge in [0, 0.05) is 6.04 Å². The van der Waals surface area contributed by atoms with E-state index in [2.05, 4.69) is 29.6 Å². The molecule has 0 aliphatic carbocycles. The maximum Gasteiger partial charge on any atom is 0.161 e. The van der Waals surface area contributed by atoms with Crippen LogP contribution in [0.15, 0.2) is 36.4 Å². The van der Waals surface area contributed by atoms with Gasteiger partial charge in [0.2, 0.25) is 0 Å². The summed E-state index contributed by atoms with van der Waals surface area (Å²) in [5, 5.41) is 3.61. The fourth-order valence-corrected chi connectivity index (χ4v) is 3.19. The molecule has 1 atom stereocenters. The van der Waals surface area contributed by atoms with Crippen molar-refractivity contribution < 1.29 is 14.2 Å². The maximum absolute atomic E-state index is 5.46. The van der Waals surface area contributed by atoms with Gasteiger partial charge in [-0.3, -0.25) is 0 Å². The summed E-state index contributed by atoms with van der Waals surface area (Å²) in [7, 11) is 5.06. The Hall–Kier alpha value is -2.20. The van der Waals surface area contributed by atoms with Crippen LogP contribution in [0.4, 0.5) is 0 Å². The average molecular weight is 313 g/mol. The normalized spacial score (nSPS) is 16.6. The minimum atomic E-state index is 0.269. The molecule has 122 valence electrons. The molecule has 1 heterocycles. The van der Waals surface area contributed by atoms with E-state index in [0.717, 1.165) is 36.6 Å². The standard InChI is InChI=1S/C19H23NO3/c1-21-15-6-4-5-13(9-15)10-17-16-12-19(23-3)18(22-2)11-14(16)7-8-20-17/h4-6,9,11-12,17,20H,7-8,10H2,1-3H3/t17-/m0/s1. The van der Waals surface area contributed by atoms with Crippen molar-refractivity contribution >= 4 is 0 Å². The van der Waals surface area contributed by atoms with Crippen LogP contribution in [0.3, 0.4) is 0 Å². The first-order valence-electron chi connectivity index (χ1n) is 7.86. The highest BCUT2D eigenvalue weighted by Crippen LogP contribution is 2.36. The summed E-state index contributed by atoms with van der Waals surface area (Å²) < 4.78 is 16.2. The van der Waals surface area contributed by atoms with Crippen molar-refractivity contribution in [1.82, 2.24) is 5.32 Å². The third-order valence-electron chi connectivity index (χ3n) is 4.38. The highest BCUT2D eigenvalue weighted by atomic mass is 16.5. The van der Waals surface area contributed by atoms with Crippen LogP contribution >= 0.6 is 0 Å². The molecule has 4 nitrogen and oxygen atoms in total. The predicted molar refractivity (Wildman–Crippen MR) is 90.7 cm³/mol. The second-order valence-electron chi connectivity index (χ2n) is 5.72. The van der Waals surface area contributed by atoms with Crippen LogP contribution in [0.2, 0.25) is 0 Å². The molecule has 0 radical (unpaired) electrons. The molecular formula is C19H23NO3. The molecule has 0 saturated carbocycles. The fraction of sp³-hybridized carbons (Fsp3) is 0.368. The van der Waals surface area contributed by atoms with E-state index < -0.39 is 0 Å². The van der Waals surface area contributed by atoms with Crippen LogP contribution in [0.25, 0.3) is 0 Å². The number of hydrogen-bond acceptors (Lipinski definition) is 4. The monoisotopic (exact) mass is 313 g/mol. The van der Waals surface area contributed by atoms with Crippen molar-refractivity contribution in [2.75, 3.05) is 27.9 Å². The highest BCUT2D eigenvalue weighted by Gasteiger charge is 2.22. The van der Waals surface area contributed by atoms with Gasteiger partial charge in [-0.05, 0) is 60.3 Å². The van der Waals surface area contributed by atoms with Gasteiger partial charge in [-0.25, -0.2) is 0 Å². The molecule has 0 bridgehead atoms. The van der Waals surface area contributed by atoms with Crippen LogP contribution < -0.4 is 19.5 Å². The molecule has 23 heavy (non-hydrogen) atoms. The molecule has 1 N–H and O–H groups in total. The van der Waals surface area contributed by atoms with Crippen molar-refractivity contribution in [2.45, 2.75) is 18.9 Å².